The van der Waals surface area contributed by atoms with Crippen molar-refractivity contribution in [3.05, 3.63) is 51.5 Å². The van der Waals surface area contributed by atoms with E-state index < -0.39 is 0 Å². The van der Waals surface area contributed by atoms with Gasteiger partial charge in [0.25, 0.3) is 0 Å². The van der Waals surface area contributed by atoms with Crippen molar-refractivity contribution in [3.63, 3.8) is 0 Å². The highest BCUT2D eigenvalue weighted by Crippen LogP contribution is 2.37. The molecule has 0 radical (unpaired) electrons. The normalized spacial score (nSPS) is 20.4. The van der Waals surface area contributed by atoms with Crippen molar-refractivity contribution in [2.24, 2.45) is 0 Å². The lowest BCUT2D eigenvalue weighted by Gasteiger charge is -2.34. The molecule has 0 unspecified atom stereocenters. The Balaban J connectivity index is 1.27. The van der Waals surface area contributed by atoms with E-state index in [4.69, 9.17) is 0 Å². The first-order chi connectivity index (χ1) is 12.3. The Bertz CT molecular complexity index is 682. The Morgan fingerprint density at radius 1 is 1.00 bits per heavy atom. The molecule has 4 rings (SSSR count). The average Bonchev–Trinajstić information content (AvgIpc) is 3.30. The maximum atomic E-state index is 4.55. The first-order valence-corrected chi connectivity index (χ1v) is 10.5. The highest BCUT2D eigenvalue weighted by atomic mass is 32.1. The second-order valence-corrected chi connectivity index (χ2v) is 8.80. The van der Waals surface area contributed by atoms with Gasteiger partial charge in [0, 0.05) is 55.2 Å². The predicted molar refractivity (Wildman–Crippen MR) is 105 cm³/mol. The van der Waals surface area contributed by atoms with Gasteiger partial charge in [-0.05, 0) is 49.4 Å². The lowest BCUT2D eigenvalue weighted by atomic mass is 10.1. The first-order valence-electron chi connectivity index (χ1n) is 9.72. The van der Waals surface area contributed by atoms with Gasteiger partial charge in [0.1, 0.15) is 0 Å². The van der Waals surface area contributed by atoms with Crippen molar-refractivity contribution in [2.75, 3.05) is 26.2 Å². The van der Waals surface area contributed by atoms with Crippen LogP contribution in [0.4, 0.5) is 0 Å². The highest BCUT2D eigenvalue weighted by Gasteiger charge is 2.21. The van der Waals surface area contributed by atoms with E-state index in [1.165, 1.54) is 50.0 Å². The van der Waals surface area contributed by atoms with E-state index in [1.807, 2.05) is 12.3 Å². The molecule has 25 heavy (non-hydrogen) atoms. The smallest absolute Gasteiger partial charge is 0.0573 e. The van der Waals surface area contributed by atoms with Gasteiger partial charge in [0.05, 0.1) is 5.69 Å². The van der Waals surface area contributed by atoms with E-state index in [1.54, 1.807) is 9.75 Å². The van der Waals surface area contributed by atoms with Gasteiger partial charge in [-0.3, -0.25) is 14.8 Å². The molecule has 3 nitrogen and oxygen atoms in total. The number of thiophene rings is 1. The number of aromatic nitrogens is 1. The Labute approximate surface area is 155 Å². The number of piperazine rings is 1. The van der Waals surface area contributed by atoms with Gasteiger partial charge >= 0.3 is 0 Å². The summed E-state index contributed by atoms with van der Waals surface area (Å²) in [5.41, 5.74) is 2.54. The van der Waals surface area contributed by atoms with Crippen molar-refractivity contribution in [1.29, 1.82) is 0 Å². The van der Waals surface area contributed by atoms with Crippen LogP contribution < -0.4 is 0 Å². The lowest BCUT2D eigenvalue weighted by molar-refractivity contribution is 0.121. The van der Waals surface area contributed by atoms with Crippen molar-refractivity contribution in [1.82, 2.24) is 14.8 Å². The van der Waals surface area contributed by atoms with Crippen LogP contribution >= 0.6 is 11.3 Å². The van der Waals surface area contributed by atoms with Crippen molar-refractivity contribution in [3.8, 4) is 0 Å². The van der Waals surface area contributed by atoms with E-state index in [-0.39, 0.29) is 0 Å². The molecule has 4 heteroatoms. The molecule has 0 bridgehead atoms. The Hall–Kier alpha value is -1.23. The quantitative estimate of drug-likeness (QED) is 0.791. The van der Waals surface area contributed by atoms with E-state index >= 15 is 0 Å². The van der Waals surface area contributed by atoms with Crippen molar-refractivity contribution >= 4 is 11.3 Å². The zero-order valence-corrected chi connectivity index (χ0v) is 16.1. The fourth-order valence-electron chi connectivity index (χ4n) is 4.13. The van der Waals surface area contributed by atoms with Gasteiger partial charge < -0.3 is 0 Å². The molecule has 2 aromatic heterocycles. The zero-order chi connectivity index (χ0) is 17.1. The third-order valence-electron chi connectivity index (χ3n) is 5.78. The third-order valence-corrected chi connectivity index (χ3v) is 7.01. The van der Waals surface area contributed by atoms with E-state index in [0.717, 1.165) is 32.1 Å². The van der Waals surface area contributed by atoms with Crippen LogP contribution in [0, 0.1) is 6.92 Å². The van der Waals surface area contributed by atoms with Crippen LogP contribution in [0.1, 0.15) is 52.6 Å². The second kappa shape index (κ2) is 7.98. The molecule has 134 valence electrons. The fourth-order valence-corrected chi connectivity index (χ4v) is 5.36. The van der Waals surface area contributed by atoms with Crippen molar-refractivity contribution < 1.29 is 0 Å². The molecule has 0 aromatic carbocycles. The summed E-state index contributed by atoms with van der Waals surface area (Å²) < 4.78 is 0. The molecule has 0 N–H and O–H groups in total. The summed E-state index contributed by atoms with van der Waals surface area (Å²) in [7, 11) is 0. The monoisotopic (exact) mass is 355 g/mol. The summed E-state index contributed by atoms with van der Waals surface area (Å²) in [4.78, 5) is 12.9. The number of hydrogen-bond donors (Lipinski definition) is 0. The van der Waals surface area contributed by atoms with Crippen LogP contribution in [0.25, 0.3) is 0 Å². The van der Waals surface area contributed by atoms with Gasteiger partial charge in [-0.1, -0.05) is 18.9 Å². The van der Waals surface area contributed by atoms with Crippen LogP contribution in [0.15, 0.2) is 30.5 Å². The van der Waals surface area contributed by atoms with Crippen LogP contribution in [0.2, 0.25) is 0 Å². The minimum absolute atomic E-state index is 0.859. The van der Waals surface area contributed by atoms with Crippen molar-refractivity contribution in [2.45, 2.75) is 51.6 Å². The predicted octanol–water partition coefficient (Wildman–Crippen LogP) is 4.43. The SMILES string of the molecule is Cc1cccnc1CN1CCN(Cc2ccc(C3CCCC3)s2)CC1. The Morgan fingerprint density at radius 2 is 1.72 bits per heavy atom. The maximum Gasteiger partial charge on any atom is 0.0573 e. The van der Waals surface area contributed by atoms with Crippen LogP contribution in [0.5, 0.6) is 0 Å². The summed E-state index contributed by atoms with van der Waals surface area (Å²) >= 11 is 2.06. The van der Waals surface area contributed by atoms with Crippen LogP contribution in [-0.4, -0.2) is 41.0 Å². The van der Waals surface area contributed by atoms with Crippen LogP contribution in [0.3, 0.4) is 0 Å². The molecular weight excluding hydrogens is 326 g/mol. The molecule has 2 aliphatic rings. The molecule has 1 aliphatic carbocycles. The molecule has 0 atom stereocenters. The standard InChI is InChI=1S/C21H29N3S/c1-17-5-4-10-22-20(17)16-24-13-11-23(12-14-24)15-19-8-9-21(25-19)18-6-2-3-7-18/h4-5,8-10,18H,2-3,6-7,11-16H2,1H3. The lowest BCUT2D eigenvalue weighted by Crippen LogP contribution is -2.45. The zero-order valence-electron chi connectivity index (χ0n) is 15.3. The maximum absolute atomic E-state index is 4.55. The fraction of sp³-hybridized carbons (Fsp3) is 0.571. The van der Waals surface area contributed by atoms with Crippen LogP contribution in [-0.2, 0) is 13.1 Å². The average molecular weight is 356 g/mol. The minimum Gasteiger partial charge on any atom is -0.296 e. The molecule has 0 amide bonds. The molecular formula is C21H29N3S. The van der Waals surface area contributed by atoms with Gasteiger partial charge in [-0.15, -0.1) is 11.3 Å². The Morgan fingerprint density at radius 3 is 2.44 bits per heavy atom. The van der Waals surface area contributed by atoms with Gasteiger partial charge in [-0.2, -0.15) is 0 Å². The number of hydrogen-bond acceptors (Lipinski definition) is 4. The molecule has 2 fully saturated rings. The summed E-state index contributed by atoms with van der Waals surface area (Å²) in [6.45, 7) is 8.93. The molecule has 1 aliphatic heterocycles. The van der Waals surface area contributed by atoms with E-state index in [9.17, 15) is 0 Å². The van der Waals surface area contributed by atoms with E-state index in [2.05, 4.69) is 51.2 Å². The number of pyridine rings is 1. The highest BCUT2D eigenvalue weighted by molar-refractivity contribution is 7.12. The molecule has 0 spiro atoms. The largest absolute Gasteiger partial charge is 0.296 e. The molecule has 3 heterocycles. The van der Waals surface area contributed by atoms with Gasteiger partial charge in [-0.25, -0.2) is 0 Å². The summed E-state index contributed by atoms with van der Waals surface area (Å²) in [6.07, 6.45) is 7.58. The molecule has 1 saturated carbocycles. The molecule has 1 saturated heterocycles. The summed E-state index contributed by atoms with van der Waals surface area (Å²) in [5.74, 6) is 0.859. The van der Waals surface area contributed by atoms with Gasteiger partial charge in [0.2, 0.25) is 0 Å². The molecule has 2 aromatic rings. The number of aryl methyl sites for hydroxylation is 1. The first kappa shape index (κ1) is 17.2. The second-order valence-electron chi connectivity index (χ2n) is 7.60. The van der Waals surface area contributed by atoms with E-state index in [0.29, 0.717) is 0 Å². The summed E-state index contributed by atoms with van der Waals surface area (Å²) in [6, 6.07) is 8.97. The topological polar surface area (TPSA) is 19.4 Å². The van der Waals surface area contributed by atoms with Gasteiger partial charge in [0.15, 0.2) is 0 Å². The Kier molecular flexibility index (Phi) is 5.49. The minimum atomic E-state index is 0.859. The number of rotatable bonds is 5. The third kappa shape index (κ3) is 4.30. The number of nitrogens with zero attached hydrogens (tertiary/aromatic N) is 3. The summed E-state index contributed by atoms with van der Waals surface area (Å²) in [5, 5.41) is 0.